The van der Waals surface area contributed by atoms with Gasteiger partial charge in [-0.2, -0.15) is 0 Å². The Morgan fingerprint density at radius 2 is 2.12 bits per heavy atom. The fraction of sp³-hybridized carbons (Fsp3) is 0.923. The fourth-order valence-corrected chi connectivity index (χ4v) is 2.70. The molecular weight excluding hydrogens is 230 g/mol. The second kappa shape index (κ2) is 7.88. The molecule has 1 N–H and O–H groups in total. The summed E-state index contributed by atoms with van der Waals surface area (Å²) in [5, 5.41) is 4.35. The molecule has 1 unspecified atom stereocenters. The van der Waals surface area contributed by atoms with Crippen molar-refractivity contribution in [3.63, 3.8) is 0 Å². The molecule has 3 nitrogen and oxygen atoms in total. The van der Waals surface area contributed by atoms with Gasteiger partial charge in [0.15, 0.2) is 5.11 Å². The lowest BCUT2D eigenvalue weighted by Gasteiger charge is -2.32. The standard InChI is InChI=1S/C13H27N3S/c1-4-12-8-6-5-7-10-16(12)13(17)14-9-11-15(2)3/h12H,4-11H2,1-3H3,(H,14,17). The molecule has 0 aromatic rings. The minimum Gasteiger partial charge on any atom is -0.361 e. The number of thiocarbonyl (C=S) groups is 1. The molecule has 0 aromatic carbocycles. The topological polar surface area (TPSA) is 18.5 Å². The smallest absolute Gasteiger partial charge is 0.169 e. The first-order chi connectivity index (χ1) is 8.15. The van der Waals surface area contributed by atoms with Gasteiger partial charge in [0.25, 0.3) is 0 Å². The van der Waals surface area contributed by atoms with Crippen LogP contribution in [-0.2, 0) is 0 Å². The van der Waals surface area contributed by atoms with Crippen molar-refractivity contribution in [2.24, 2.45) is 0 Å². The van der Waals surface area contributed by atoms with Gasteiger partial charge < -0.3 is 15.1 Å². The first-order valence-electron chi connectivity index (χ1n) is 6.84. The SMILES string of the molecule is CCC1CCCCCN1C(=S)NCCN(C)C. The number of rotatable bonds is 4. The van der Waals surface area contributed by atoms with E-state index in [4.69, 9.17) is 12.2 Å². The summed E-state index contributed by atoms with van der Waals surface area (Å²) in [6, 6.07) is 0.650. The molecule has 4 heteroatoms. The summed E-state index contributed by atoms with van der Waals surface area (Å²) < 4.78 is 0. The quantitative estimate of drug-likeness (QED) is 0.777. The Bertz CT molecular complexity index is 231. The first kappa shape index (κ1) is 14.7. The summed E-state index contributed by atoms with van der Waals surface area (Å²) in [7, 11) is 4.18. The molecule has 100 valence electrons. The van der Waals surface area contributed by atoms with Crippen molar-refractivity contribution in [2.75, 3.05) is 33.7 Å². The number of nitrogens with zero attached hydrogens (tertiary/aromatic N) is 2. The summed E-state index contributed by atoms with van der Waals surface area (Å²) >= 11 is 5.53. The zero-order valence-electron chi connectivity index (χ0n) is 11.5. The Kier molecular flexibility index (Phi) is 6.82. The third kappa shape index (κ3) is 5.21. The number of likely N-dealkylation sites (tertiary alicyclic amines) is 1. The summed E-state index contributed by atoms with van der Waals surface area (Å²) in [5.74, 6) is 0. The van der Waals surface area contributed by atoms with Crippen LogP contribution in [0.4, 0.5) is 0 Å². The van der Waals surface area contributed by atoms with E-state index in [-0.39, 0.29) is 0 Å². The van der Waals surface area contributed by atoms with E-state index in [2.05, 4.69) is 36.1 Å². The third-order valence-electron chi connectivity index (χ3n) is 3.44. The molecule has 0 spiro atoms. The molecule has 0 bridgehead atoms. The van der Waals surface area contributed by atoms with Crippen LogP contribution >= 0.6 is 12.2 Å². The average Bonchev–Trinajstić information content (AvgIpc) is 2.52. The molecule has 0 radical (unpaired) electrons. The molecule has 1 aliphatic rings. The van der Waals surface area contributed by atoms with Crippen LogP contribution in [-0.4, -0.2) is 54.7 Å². The summed E-state index contributed by atoms with van der Waals surface area (Å²) in [4.78, 5) is 4.59. The molecule has 0 saturated carbocycles. The average molecular weight is 257 g/mol. The number of nitrogens with one attached hydrogen (secondary N) is 1. The molecule has 1 aliphatic heterocycles. The summed E-state index contributed by atoms with van der Waals surface area (Å²) in [5.41, 5.74) is 0. The van der Waals surface area contributed by atoms with Gasteiger partial charge in [-0.05, 0) is 45.6 Å². The van der Waals surface area contributed by atoms with Gasteiger partial charge in [0, 0.05) is 25.7 Å². The molecule has 0 aliphatic carbocycles. The maximum atomic E-state index is 5.53. The van der Waals surface area contributed by atoms with Crippen molar-refractivity contribution >= 4 is 17.3 Å². The van der Waals surface area contributed by atoms with E-state index in [0.29, 0.717) is 6.04 Å². The Morgan fingerprint density at radius 3 is 2.76 bits per heavy atom. The van der Waals surface area contributed by atoms with Crippen molar-refractivity contribution in [1.82, 2.24) is 15.1 Å². The van der Waals surface area contributed by atoms with Crippen LogP contribution in [0.15, 0.2) is 0 Å². The van der Waals surface area contributed by atoms with Crippen LogP contribution in [0.5, 0.6) is 0 Å². The van der Waals surface area contributed by atoms with Gasteiger partial charge in [-0.3, -0.25) is 0 Å². The van der Waals surface area contributed by atoms with Crippen molar-refractivity contribution in [3.05, 3.63) is 0 Å². The maximum Gasteiger partial charge on any atom is 0.169 e. The molecule has 0 amide bonds. The van der Waals surface area contributed by atoms with Crippen LogP contribution in [0, 0.1) is 0 Å². The first-order valence-corrected chi connectivity index (χ1v) is 7.25. The van der Waals surface area contributed by atoms with Crippen LogP contribution in [0.2, 0.25) is 0 Å². The van der Waals surface area contributed by atoms with Crippen LogP contribution in [0.1, 0.15) is 39.0 Å². The normalized spacial score (nSPS) is 21.4. The van der Waals surface area contributed by atoms with E-state index < -0.39 is 0 Å². The van der Waals surface area contributed by atoms with Crippen molar-refractivity contribution < 1.29 is 0 Å². The number of hydrogen-bond donors (Lipinski definition) is 1. The number of likely N-dealkylation sites (N-methyl/N-ethyl adjacent to an activating group) is 1. The summed E-state index contributed by atoms with van der Waals surface area (Å²) in [6.07, 6.45) is 6.50. The molecule has 1 saturated heterocycles. The Balaban J connectivity index is 2.40. The van der Waals surface area contributed by atoms with Gasteiger partial charge in [0.05, 0.1) is 0 Å². The molecule has 17 heavy (non-hydrogen) atoms. The minimum absolute atomic E-state index is 0.650. The lowest BCUT2D eigenvalue weighted by Crippen LogP contribution is -2.47. The van der Waals surface area contributed by atoms with Gasteiger partial charge in [-0.25, -0.2) is 0 Å². The Labute approximate surface area is 112 Å². The highest BCUT2D eigenvalue weighted by Crippen LogP contribution is 2.19. The van der Waals surface area contributed by atoms with Crippen molar-refractivity contribution in [1.29, 1.82) is 0 Å². The zero-order chi connectivity index (χ0) is 12.7. The van der Waals surface area contributed by atoms with E-state index in [1.54, 1.807) is 0 Å². The molecule has 1 fully saturated rings. The van der Waals surface area contributed by atoms with Crippen molar-refractivity contribution in [3.8, 4) is 0 Å². The van der Waals surface area contributed by atoms with Crippen molar-refractivity contribution in [2.45, 2.75) is 45.1 Å². The van der Waals surface area contributed by atoms with Crippen LogP contribution in [0.3, 0.4) is 0 Å². The Morgan fingerprint density at radius 1 is 1.35 bits per heavy atom. The molecule has 1 heterocycles. The van der Waals surface area contributed by atoms with E-state index in [9.17, 15) is 0 Å². The highest BCUT2D eigenvalue weighted by Gasteiger charge is 2.21. The fourth-order valence-electron chi connectivity index (χ4n) is 2.36. The monoisotopic (exact) mass is 257 g/mol. The lowest BCUT2D eigenvalue weighted by atomic mass is 10.1. The van der Waals surface area contributed by atoms with Gasteiger partial charge in [-0.15, -0.1) is 0 Å². The van der Waals surface area contributed by atoms with Gasteiger partial charge >= 0.3 is 0 Å². The predicted molar refractivity (Wildman–Crippen MR) is 78.4 cm³/mol. The second-order valence-electron chi connectivity index (χ2n) is 5.14. The molecular formula is C13H27N3S. The summed E-state index contributed by atoms with van der Waals surface area (Å²) in [6.45, 7) is 5.38. The number of hydrogen-bond acceptors (Lipinski definition) is 2. The molecule has 0 aromatic heterocycles. The largest absolute Gasteiger partial charge is 0.361 e. The van der Waals surface area contributed by atoms with Crippen LogP contribution < -0.4 is 5.32 Å². The second-order valence-corrected chi connectivity index (χ2v) is 5.53. The molecule has 1 rings (SSSR count). The predicted octanol–water partition coefficient (Wildman–Crippen LogP) is 2.08. The van der Waals surface area contributed by atoms with E-state index in [0.717, 1.165) is 24.7 Å². The van der Waals surface area contributed by atoms with Crippen LogP contribution in [0.25, 0.3) is 0 Å². The molecule has 1 atom stereocenters. The lowest BCUT2D eigenvalue weighted by molar-refractivity contribution is 0.301. The highest BCUT2D eigenvalue weighted by molar-refractivity contribution is 7.80. The highest BCUT2D eigenvalue weighted by atomic mass is 32.1. The maximum absolute atomic E-state index is 5.53. The van der Waals surface area contributed by atoms with Gasteiger partial charge in [-0.1, -0.05) is 19.8 Å². The Hall–Kier alpha value is -0.350. The van der Waals surface area contributed by atoms with Gasteiger partial charge in [0.2, 0.25) is 0 Å². The van der Waals surface area contributed by atoms with E-state index in [1.165, 1.54) is 32.1 Å². The third-order valence-corrected chi connectivity index (χ3v) is 3.82. The van der Waals surface area contributed by atoms with E-state index >= 15 is 0 Å². The van der Waals surface area contributed by atoms with E-state index in [1.807, 2.05) is 0 Å². The zero-order valence-corrected chi connectivity index (χ0v) is 12.4. The minimum atomic E-state index is 0.650. The van der Waals surface area contributed by atoms with Gasteiger partial charge in [0.1, 0.15) is 0 Å².